The minimum atomic E-state index is -0.253. The number of benzene rings is 1. The average molecular weight is 221 g/mol. The molecule has 0 heterocycles. The number of aryl methyl sites for hydroxylation is 1. The van der Waals surface area contributed by atoms with E-state index in [0.29, 0.717) is 12.5 Å². The lowest BCUT2D eigenvalue weighted by atomic mass is 10.0. The van der Waals surface area contributed by atoms with Crippen molar-refractivity contribution < 1.29 is 5.11 Å². The van der Waals surface area contributed by atoms with Crippen LogP contribution >= 0.6 is 0 Å². The Balaban J connectivity index is 2.58. The van der Waals surface area contributed by atoms with E-state index >= 15 is 0 Å². The van der Waals surface area contributed by atoms with Crippen LogP contribution in [-0.4, -0.2) is 24.8 Å². The Kier molecular flexibility index (Phi) is 4.81. The van der Waals surface area contributed by atoms with Crippen LogP contribution in [0.15, 0.2) is 24.3 Å². The maximum Gasteiger partial charge on any atom is 0.0740 e. The first-order valence-corrected chi connectivity index (χ1v) is 6.00. The summed E-state index contributed by atoms with van der Waals surface area (Å²) in [5.41, 5.74) is 2.42. The Hall–Kier alpha value is -1.02. The maximum atomic E-state index is 9.96. The molecule has 0 spiro atoms. The molecule has 0 amide bonds. The molecule has 1 aromatic carbocycles. The molecule has 2 nitrogen and oxygen atoms in total. The Labute approximate surface area is 98.9 Å². The van der Waals surface area contributed by atoms with Crippen molar-refractivity contribution in [1.82, 2.24) is 0 Å². The third-order valence-electron chi connectivity index (χ3n) is 3.24. The quantitative estimate of drug-likeness (QED) is 0.826. The second-order valence-electron chi connectivity index (χ2n) is 4.67. The third kappa shape index (κ3) is 3.53. The molecule has 0 aliphatic rings. The van der Waals surface area contributed by atoms with Crippen LogP contribution in [0.1, 0.15) is 25.8 Å². The van der Waals surface area contributed by atoms with Crippen molar-refractivity contribution >= 4 is 5.69 Å². The molecule has 0 bridgehead atoms. The van der Waals surface area contributed by atoms with Gasteiger partial charge in [-0.3, -0.25) is 0 Å². The van der Waals surface area contributed by atoms with Gasteiger partial charge in [-0.2, -0.15) is 0 Å². The number of hydrogen-bond donors (Lipinski definition) is 1. The smallest absolute Gasteiger partial charge is 0.0740 e. The van der Waals surface area contributed by atoms with Crippen molar-refractivity contribution in [2.24, 2.45) is 5.92 Å². The van der Waals surface area contributed by atoms with E-state index in [2.05, 4.69) is 49.9 Å². The van der Waals surface area contributed by atoms with Crippen molar-refractivity contribution in [3.05, 3.63) is 29.8 Å². The molecule has 0 aliphatic heterocycles. The summed E-state index contributed by atoms with van der Waals surface area (Å²) in [4.78, 5) is 2.11. The largest absolute Gasteiger partial charge is 0.391 e. The number of nitrogens with zero attached hydrogens (tertiary/aromatic N) is 1. The molecule has 1 aromatic rings. The van der Waals surface area contributed by atoms with E-state index in [0.717, 1.165) is 12.1 Å². The Bertz CT molecular complexity index is 307. The van der Waals surface area contributed by atoms with Gasteiger partial charge >= 0.3 is 0 Å². The fraction of sp³-hybridized carbons (Fsp3) is 0.571. The second-order valence-corrected chi connectivity index (χ2v) is 4.67. The van der Waals surface area contributed by atoms with E-state index in [4.69, 9.17) is 0 Å². The van der Waals surface area contributed by atoms with E-state index in [1.165, 1.54) is 5.56 Å². The van der Waals surface area contributed by atoms with Crippen LogP contribution < -0.4 is 4.90 Å². The van der Waals surface area contributed by atoms with Crippen molar-refractivity contribution in [3.63, 3.8) is 0 Å². The minimum Gasteiger partial charge on any atom is -0.391 e. The Morgan fingerprint density at radius 1 is 1.25 bits per heavy atom. The zero-order valence-electron chi connectivity index (χ0n) is 10.8. The van der Waals surface area contributed by atoms with Crippen LogP contribution in [0.2, 0.25) is 0 Å². The molecule has 2 unspecified atom stereocenters. The molecular formula is C14H23NO. The Morgan fingerprint density at radius 2 is 1.81 bits per heavy atom. The molecule has 1 rings (SSSR count). The maximum absolute atomic E-state index is 9.96. The first kappa shape index (κ1) is 13.0. The molecule has 0 radical (unpaired) electrons. The summed E-state index contributed by atoms with van der Waals surface area (Å²) in [6, 6.07) is 8.39. The van der Waals surface area contributed by atoms with Crippen molar-refractivity contribution in [2.75, 3.05) is 18.5 Å². The predicted octanol–water partition coefficient (Wildman–Crippen LogP) is 2.84. The predicted molar refractivity (Wildman–Crippen MR) is 69.9 cm³/mol. The van der Waals surface area contributed by atoms with E-state index in [1.54, 1.807) is 0 Å². The molecular weight excluding hydrogens is 198 g/mol. The van der Waals surface area contributed by atoms with Gasteiger partial charge < -0.3 is 10.0 Å². The molecule has 1 N–H and O–H groups in total. The van der Waals surface area contributed by atoms with Gasteiger partial charge in [-0.1, -0.05) is 38.0 Å². The highest BCUT2D eigenvalue weighted by atomic mass is 16.3. The van der Waals surface area contributed by atoms with Crippen LogP contribution in [0, 0.1) is 12.8 Å². The van der Waals surface area contributed by atoms with E-state index in [1.807, 2.05) is 7.05 Å². The SMILES string of the molecule is CCC(C)C(O)CN(C)c1ccc(C)cc1. The van der Waals surface area contributed by atoms with Gasteiger partial charge in [-0.15, -0.1) is 0 Å². The number of likely N-dealkylation sites (N-methyl/N-ethyl adjacent to an activating group) is 1. The second kappa shape index (κ2) is 5.90. The van der Waals surface area contributed by atoms with Gasteiger partial charge in [0.15, 0.2) is 0 Å². The first-order valence-electron chi connectivity index (χ1n) is 6.00. The zero-order valence-corrected chi connectivity index (χ0v) is 10.8. The number of rotatable bonds is 5. The van der Waals surface area contributed by atoms with E-state index < -0.39 is 0 Å². The van der Waals surface area contributed by atoms with Crippen LogP contribution in [0.25, 0.3) is 0 Å². The monoisotopic (exact) mass is 221 g/mol. The summed E-state index contributed by atoms with van der Waals surface area (Å²) < 4.78 is 0. The van der Waals surface area contributed by atoms with Gasteiger partial charge in [0.1, 0.15) is 0 Å². The average Bonchev–Trinajstić information content (AvgIpc) is 2.28. The highest BCUT2D eigenvalue weighted by Crippen LogP contribution is 2.16. The van der Waals surface area contributed by atoms with Crippen molar-refractivity contribution in [3.8, 4) is 0 Å². The summed E-state index contributed by atoms with van der Waals surface area (Å²) in [6.07, 6.45) is 0.763. The van der Waals surface area contributed by atoms with Crippen LogP contribution in [-0.2, 0) is 0 Å². The van der Waals surface area contributed by atoms with E-state index in [-0.39, 0.29) is 6.10 Å². The van der Waals surface area contributed by atoms with Crippen molar-refractivity contribution in [1.29, 1.82) is 0 Å². The van der Waals surface area contributed by atoms with Gasteiger partial charge in [-0.05, 0) is 25.0 Å². The number of hydrogen-bond acceptors (Lipinski definition) is 2. The van der Waals surface area contributed by atoms with Gasteiger partial charge in [0, 0.05) is 19.3 Å². The highest BCUT2D eigenvalue weighted by Gasteiger charge is 2.14. The summed E-state index contributed by atoms with van der Waals surface area (Å²) >= 11 is 0. The molecule has 0 saturated heterocycles. The van der Waals surface area contributed by atoms with Crippen LogP contribution in [0.3, 0.4) is 0 Å². The lowest BCUT2D eigenvalue weighted by Gasteiger charge is -2.25. The minimum absolute atomic E-state index is 0.253. The fourth-order valence-electron chi connectivity index (χ4n) is 1.64. The topological polar surface area (TPSA) is 23.5 Å². The molecule has 0 aliphatic carbocycles. The van der Waals surface area contributed by atoms with Crippen LogP contribution in [0.4, 0.5) is 5.69 Å². The molecule has 90 valence electrons. The van der Waals surface area contributed by atoms with Gasteiger partial charge in [0.25, 0.3) is 0 Å². The molecule has 0 fully saturated rings. The molecule has 2 heteroatoms. The standard InChI is InChI=1S/C14H23NO/c1-5-12(3)14(16)10-15(4)13-8-6-11(2)7-9-13/h6-9,12,14,16H,5,10H2,1-4H3. The fourth-order valence-corrected chi connectivity index (χ4v) is 1.64. The lowest BCUT2D eigenvalue weighted by molar-refractivity contribution is 0.121. The molecule has 0 saturated carbocycles. The van der Waals surface area contributed by atoms with Gasteiger partial charge in [-0.25, -0.2) is 0 Å². The van der Waals surface area contributed by atoms with Crippen molar-refractivity contribution in [2.45, 2.75) is 33.3 Å². The Morgan fingerprint density at radius 3 is 2.31 bits per heavy atom. The summed E-state index contributed by atoms with van der Waals surface area (Å²) in [5, 5.41) is 9.96. The summed E-state index contributed by atoms with van der Waals surface area (Å²) in [7, 11) is 2.02. The molecule has 16 heavy (non-hydrogen) atoms. The van der Waals surface area contributed by atoms with E-state index in [9.17, 15) is 5.11 Å². The third-order valence-corrected chi connectivity index (χ3v) is 3.24. The van der Waals surface area contributed by atoms with Crippen LogP contribution in [0.5, 0.6) is 0 Å². The summed E-state index contributed by atoms with van der Waals surface area (Å²) in [6.45, 7) is 6.98. The zero-order chi connectivity index (χ0) is 12.1. The van der Waals surface area contributed by atoms with Gasteiger partial charge in [0.05, 0.1) is 6.10 Å². The first-order chi connectivity index (χ1) is 7.54. The number of aliphatic hydroxyl groups excluding tert-OH is 1. The number of aliphatic hydroxyl groups is 1. The summed E-state index contributed by atoms with van der Waals surface area (Å²) in [5.74, 6) is 0.355. The lowest BCUT2D eigenvalue weighted by Crippen LogP contribution is -2.33. The van der Waals surface area contributed by atoms with Gasteiger partial charge in [0.2, 0.25) is 0 Å². The number of anilines is 1. The normalized spacial score (nSPS) is 14.6. The molecule has 2 atom stereocenters. The highest BCUT2D eigenvalue weighted by molar-refractivity contribution is 5.46. The molecule has 0 aromatic heterocycles.